The first-order chi connectivity index (χ1) is 15.4. The van der Waals surface area contributed by atoms with E-state index in [1.54, 1.807) is 9.58 Å². The van der Waals surface area contributed by atoms with Gasteiger partial charge in [-0.05, 0) is 64.2 Å². The Hall–Kier alpha value is -2.63. The van der Waals surface area contributed by atoms with Crippen molar-refractivity contribution >= 4 is 17.5 Å². The minimum absolute atomic E-state index is 0.0770. The molecule has 1 aromatic carbocycles. The zero-order valence-corrected chi connectivity index (χ0v) is 19.5. The Labute approximate surface area is 190 Å². The molecule has 0 saturated heterocycles. The third-order valence-corrected chi connectivity index (χ3v) is 7.44. The molecule has 2 amide bonds. The second kappa shape index (κ2) is 8.05. The highest BCUT2D eigenvalue weighted by atomic mass is 16.2. The largest absolute Gasteiger partial charge is 0.351 e. The van der Waals surface area contributed by atoms with Crippen molar-refractivity contribution in [2.45, 2.75) is 96.2 Å². The highest BCUT2D eigenvalue weighted by Crippen LogP contribution is 2.41. The Morgan fingerprint density at radius 3 is 2.44 bits per heavy atom. The number of nitrogens with one attached hydrogen (secondary N) is 1. The lowest BCUT2D eigenvalue weighted by Crippen LogP contribution is -2.65. The van der Waals surface area contributed by atoms with Crippen LogP contribution in [0.25, 0.3) is 0 Å². The van der Waals surface area contributed by atoms with Gasteiger partial charge >= 0.3 is 0 Å². The molecule has 3 aliphatic rings. The number of carbonyl (C=O) groups excluding carboxylic acids is 2. The molecule has 0 bridgehead atoms. The average molecular weight is 435 g/mol. The van der Waals surface area contributed by atoms with Crippen molar-refractivity contribution in [2.75, 3.05) is 4.90 Å². The molecular weight excluding hydrogens is 400 g/mol. The number of amides is 2. The van der Waals surface area contributed by atoms with Gasteiger partial charge in [0, 0.05) is 17.6 Å². The first kappa shape index (κ1) is 21.2. The maximum Gasteiger partial charge on any atom is 0.277 e. The van der Waals surface area contributed by atoms with Crippen molar-refractivity contribution in [3.8, 4) is 0 Å². The van der Waals surface area contributed by atoms with Crippen LogP contribution in [0.4, 0.5) is 5.69 Å². The van der Waals surface area contributed by atoms with Crippen LogP contribution < -0.4 is 10.2 Å². The topological polar surface area (TPSA) is 67.2 Å². The molecule has 170 valence electrons. The summed E-state index contributed by atoms with van der Waals surface area (Å²) in [6.07, 6.45) is 9.05. The van der Waals surface area contributed by atoms with Crippen molar-refractivity contribution in [1.82, 2.24) is 15.1 Å². The van der Waals surface area contributed by atoms with E-state index in [1.807, 2.05) is 39.0 Å². The van der Waals surface area contributed by atoms with E-state index >= 15 is 0 Å². The van der Waals surface area contributed by atoms with E-state index < -0.39 is 5.54 Å². The summed E-state index contributed by atoms with van der Waals surface area (Å²) in [5.41, 5.74) is 3.49. The number of hydrogen-bond donors (Lipinski definition) is 1. The van der Waals surface area contributed by atoms with Crippen LogP contribution in [0.3, 0.4) is 0 Å². The predicted molar refractivity (Wildman–Crippen MR) is 125 cm³/mol. The van der Waals surface area contributed by atoms with Gasteiger partial charge in [-0.1, -0.05) is 43.4 Å². The van der Waals surface area contributed by atoms with Crippen molar-refractivity contribution < 1.29 is 9.59 Å². The Morgan fingerprint density at radius 1 is 1.06 bits per heavy atom. The van der Waals surface area contributed by atoms with Gasteiger partial charge in [0.15, 0.2) is 0 Å². The Kier molecular flexibility index (Phi) is 5.34. The minimum atomic E-state index is -1.04. The van der Waals surface area contributed by atoms with Crippen LogP contribution in [0.5, 0.6) is 0 Å². The van der Waals surface area contributed by atoms with E-state index in [0.29, 0.717) is 18.2 Å². The number of anilines is 1. The van der Waals surface area contributed by atoms with E-state index in [2.05, 4.69) is 11.4 Å². The molecule has 6 nitrogen and oxygen atoms in total. The standard InChI is InChI=1S/C26H34N4O2/c1-17-10-13-22(18(2)14-17)30-24(31)23-15-21(19-11-12-19)28-29(23)16-26(30,3)25(32)27-20-8-6-4-5-7-9-20/h10,13-15,19-20H,4-9,11-12,16H2,1-3H3,(H,27,32). The number of hydrogen-bond acceptors (Lipinski definition) is 3. The van der Waals surface area contributed by atoms with Crippen LogP contribution in [-0.4, -0.2) is 33.2 Å². The molecule has 2 fully saturated rings. The van der Waals surface area contributed by atoms with Crippen LogP contribution in [0, 0.1) is 13.8 Å². The number of aromatic nitrogens is 2. The Bertz CT molecular complexity index is 1050. The number of benzene rings is 1. The van der Waals surface area contributed by atoms with Gasteiger partial charge in [0.25, 0.3) is 5.91 Å². The number of carbonyl (C=O) groups is 2. The van der Waals surface area contributed by atoms with E-state index in [4.69, 9.17) is 5.10 Å². The summed E-state index contributed by atoms with van der Waals surface area (Å²) in [6, 6.07) is 8.19. The zero-order chi connectivity index (χ0) is 22.5. The lowest BCUT2D eigenvalue weighted by Gasteiger charge is -2.44. The SMILES string of the molecule is Cc1ccc(N2C(=O)c3cc(C4CC4)nn3CC2(C)C(=O)NC2CCCCCC2)c(C)c1. The van der Waals surface area contributed by atoms with Crippen LogP contribution in [0.15, 0.2) is 24.3 Å². The lowest BCUT2D eigenvalue weighted by atomic mass is 9.92. The summed E-state index contributed by atoms with van der Waals surface area (Å²) in [7, 11) is 0. The van der Waals surface area contributed by atoms with Gasteiger partial charge in [-0.2, -0.15) is 5.10 Å². The number of aryl methyl sites for hydroxylation is 2. The molecule has 2 aromatic rings. The summed E-state index contributed by atoms with van der Waals surface area (Å²) in [5, 5.41) is 8.08. The quantitative estimate of drug-likeness (QED) is 0.713. The van der Waals surface area contributed by atoms with Gasteiger partial charge in [-0.25, -0.2) is 0 Å². The van der Waals surface area contributed by atoms with Crippen LogP contribution in [0.2, 0.25) is 0 Å². The normalized spacial score (nSPS) is 24.2. The smallest absolute Gasteiger partial charge is 0.277 e. The predicted octanol–water partition coefficient (Wildman–Crippen LogP) is 4.64. The Morgan fingerprint density at radius 2 is 1.78 bits per heavy atom. The van der Waals surface area contributed by atoms with Crippen LogP contribution >= 0.6 is 0 Å². The minimum Gasteiger partial charge on any atom is -0.351 e. The fourth-order valence-electron chi connectivity index (χ4n) is 5.38. The summed E-state index contributed by atoms with van der Waals surface area (Å²) >= 11 is 0. The van der Waals surface area contributed by atoms with E-state index in [0.717, 1.165) is 61.0 Å². The van der Waals surface area contributed by atoms with Gasteiger partial charge in [0.1, 0.15) is 11.2 Å². The molecule has 6 heteroatoms. The van der Waals surface area contributed by atoms with Crippen molar-refractivity contribution in [2.24, 2.45) is 0 Å². The van der Waals surface area contributed by atoms with E-state index in [-0.39, 0.29) is 17.9 Å². The summed E-state index contributed by atoms with van der Waals surface area (Å²) in [5.74, 6) is 0.245. The summed E-state index contributed by atoms with van der Waals surface area (Å²) in [6.45, 7) is 6.33. The second-order valence-corrected chi connectivity index (χ2v) is 10.3. The monoisotopic (exact) mass is 434 g/mol. The number of rotatable bonds is 4. The summed E-state index contributed by atoms with van der Waals surface area (Å²) in [4.78, 5) is 29.4. The molecule has 32 heavy (non-hydrogen) atoms. The molecule has 1 aromatic heterocycles. The highest BCUT2D eigenvalue weighted by molar-refractivity contribution is 6.12. The Balaban J connectivity index is 1.54. The van der Waals surface area contributed by atoms with Gasteiger partial charge in [-0.15, -0.1) is 0 Å². The fourth-order valence-corrected chi connectivity index (χ4v) is 5.38. The number of nitrogens with zero attached hydrogens (tertiary/aromatic N) is 3. The first-order valence-electron chi connectivity index (χ1n) is 12.2. The number of fused-ring (bicyclic) bond motifs is 1. The average Bonchev–Trinajstić information content (AvgIpc) is 3.55. The molecule has 1 N–H and O–H groups in total. The van der Waals surface area contributed by atoms with Crippen LogP contribution in [0.1, 0.15) is 91.5 Å². The first-order valence-corrected chi connectivity index (χ1v) is 12.2. The van der Waals surface area contributed by atoms with Gasteiger partial charge in [-0.3, -0.25) is 19.2 Å². The van der Waals surface area contributed by atoms with Gasteiger partial charge in [0.05, 0.1) is 12.2 Å². The molecule has 0 spiro atoms. The molecule has 1 atom stereocenters. The molecule has 1 unspecified atom stereocenters. The lowest BCUT2D eigenvalue weighted by molar-refractivity contribution is -0.127. The van der Waals surface area contributed by atoms with E-state index in [9.17, 15) is 9.59 Å². The molecule has 2 aliphatic carbocycles. The molecule has 0 radical (unpaired) electrons. The third-order valence-electron chi connectivity index (χ3n) is 7.44. The molecule has 1 aliphatic heterocycles. The highest BCUT2D eigenvalue weighted by Gasteiger charge is 2.50. The van der Waals surface area contributed by atoms with Gasteiger partial charge in [0.2, 0.25) is 5.91 Å². The zero-order valence-electron chi connectivity index (χ0n) is 19.5. The van der Waals surface area contributed by atoms with Crippen molar-refractivity contribution in [3.05, 3.63) is 46.8 Å². The summed E-state index contributed by atoms with van der Waals surface area (Å²) < 4.78 is 1.78. The maximum absolute atomic E-state index is 13.9. The molecule has 5 rings (SSSR count). The van der Waals surface area contributed by atoms with Crippen LogP contribution in [-0.2, 0) is 11.3 Å². The van der Waals surface area contributed by atoms with Gasteiger partial charge < -0.3 is 5.32 Å². The molecule has 2 heterocycles. The third kappa shape index (κ3) is 3.74. The maximum atomic E-state index is 13.9. The molecule has 2 saturated carbocycles. The van der Waals surface area contributed by atoms with Crippen molar-refractivity contribution in [1.29, 1.82) is 0 Å². The fraction of sp³-hybridized carbons (Fsp3) is 0.577. The molecular formula is C26H34N4O2. The second-order valence-electron chi connectivity index (χ2n) is 10.3. The van der Waals surface area contributed by atoms with Crippen molar-refractivity contribution in [3.63, 3.8) is 0 Å². The van der Waals surface area contributed by atoms with E-state index in [1.165, 1.54) is 12.8 Å².